The Hall–Kier alpha value is -1.05. The average molecular weight is 164 g/mol. The van der Waals surface area contributed by atoms with Gasteiger partial charge in [-0.2, -0.15) is 0 Å². The van der Waals surface area contributed by atoms with Crippen molar-refractivity contribution < 1.29 is 9.53 Å². The van der Waals surface area contributed by atoms with E-state index in [2.05, 4.69) is 12.2 Å². The standard InChI is InChI=1S/C10H12O2/c1-2-12-10(11)9-7-5-3-4-6-8(7)9/h3-9H,2H2,1H3. The largest absolute Gasteiger partial charge is 0.466 e. The number of rotatable bonds is 2. The molecule has 0 amide bonds. The van der Waals surface area contributed by atoms with Crippen LogP contribution in [0.4, 0.5) is 0 Å². The van der Waals surface area contributed by atoms with Crippen LogP contribution in [0.3, 0.4) is 0 Å². The lowest BCUT2D eigenvalue weighted by molar-refractivity contribution is -0.145. The van der Waals surface area contributed by atoms with E-state index in [9.17, 15) is 4.79 Å². The van der Waals surface area contributed by atoms with Gasteiger partial charge in [-0.3, -0.25) is 4.79 Å². The van der Waals surface area contributed by atoms with E-state index in [0.717, 1.165) is 0 Å². The number of hydrogen-bond acceptors (Lipinski definition) is 2. The Balaban J connectivity index is 1.97. The maximum atomic E-state index is 11.3. The smallest absolute Gasteiger partial charge is 0.310 e. The first-order valence-electron chi connectivity index (χ1n) is 4.36. The predicted molar refractivity (Wildman–Crippen MR) is 45.4 cm³/mol. The van der Waals surface area contributed by atoms with Crippen molar-refractivity contribution in [2.45, 2.75) is 6.92 Å². The van der Waals surface area contributed by atoms with Gasteiger partial charge in [-0.1, -0.05) is 24.3 Å². The molecule has 0 aliphatic heterocycles. The SMILES string of the molecule is CCOC(=O)C1C2C=CC=CC21. The molecule has 0 aromatic rings. The number of carbonyl (C=O) groups is 1. The van der Waals surface area contributed by atoms with E-state index in [-0.39, 0.29) is 11.9 Å². The second-order valence-corrected chi connectivity index (χ2v) is 3.20. The van der Waals surface area contributed by atoms with Crippen LogP contribution in [0.5, 0.6) is 0 Å². The molecular weight excluding hydrogens is 152 g/mol. The van der Waals surface area contributed by atoms with E-state index >= 15 is 0 Å². The Morgan fingerprint density at radius 2 is 1.92 bits per heavy atom. The highest BCUT2D eigenvalue weighted by Crippen LogP contribution is 2.50. The van der Waals surface area contributed by atoms with Gasteiger partial charge in [0.2, 0.25) is 0 Å². The summed E-state index contributed by atoms with van der Waals surface area (Å²) >= 11 is 0. The van der Waals surface area contributed by atoms with Gasteiger partial charge in [-0.25, -0.2) is 0 Å². The second kappa shape index (κ2) is 2.77. The van der Waals surface area contributed by atoms with E-state index in [1.165, 1.54) is 0 Å². The van der Waals surface area contributed by atoms with Crippen molar-refractivity contribution in [2.24, 2.45) is 17.8 Å². The molecule has 2 atom stereocenters. The van der Waals surface area contributed by atoms with Gasteiger partial charge in [0.1, 0.15) is 0 Å². The highest BCUT2D eigenvalue weighted by molar-refractivity contribution is 5.78. The normalized spacial score (nSPS) is 35.9. The van der Waals surface area contributed by atoms with E-state index < -0.39 is 0 Å². The first-order valence-corrected chi connectivity index (χ1v) is 4.36. The van der Waals surface area contributed by atoms with E-state index in [0.29, 0.717) is 18.4 Å². The minimum Gasteiger partial charge on any atom is -0.466 e. The summed E-state index contributed by atoms with van der Waals surface area (Å²) in [5.74, 6) is 0.923. The lowest BCUT2D eigenvalue weighted by Gasteiger charge is -1.97. The zero-order chi connectivity index (χ0) is 8.55. The van der Waals surface area contributed by atoms with Gasteiger partial charge in [-0.15, -0.1) is 0 Å². The van der Waals surface area contributed by atoms with E-state index in [4.69, 9.17) is 4.74 Å². The lowest BCUT2D eigenvalue weighted by Crippen LogP contribution is -2.07. The Labute approximate surface area is 71.9 Å². The summed E-state index contributed by atoms with van der Waals surface area (Å²) in [7, 11) is 0. The van der Waals surface area contributed by atoms with Crippen LogP contribution in [0.1, 0.15) is 6.92 Å². The molecule has 0 saturated heterocycles. The fourth-order valence-corrected chi connectivity index (χ4v) is 1.79. The molecule has 2 unspecified atom stereocenters. The van der Waals surface area contributed by atoms with Gasteiger partial charge in [0.15, 0.2) is 0 Å². The molecule has 0 heterocycles. The highest BCUT2D eigenvalue weighted by Gasteiger charge is 2.53. The molecule has 64 valence electrons. The van der Waals surface area contributed by atoms with Crippen molar-refractivity contribution in [1.29, 1.82) is 0 Å². The molecule has 2 rings (SSSR count). The molecule has 0 aromatic carbocycles. The molecule has 0 spiro atoms. The molecule has 0 aromatic heterocycles. The number of fused-ring (bicyclic) bond motifs is 1. The molecule has 2 nitrogen and oxygen atoms in total. The third-order valence-electron chi connectivity index (χ3n) is 2.47. The molecule has 0 radical (unpaired) electrons. The van der Waals surface area contributed by atoms with Crippen LogP contribution in [-0.4, -0.2) is 12.6 Å². The van der Waals surface area contributed by atoms with E-state index in [1.807, 2.05) is 19.1 Å². The topological polar surface area (TPSA) is 26.3 Å². The number of ether oxygens (including phenoxy) is 1. The summed E-state index contributed by atoms with van der Waals surface area (Å²) in [6.45, 7) is 2.33. The summed E-state index contributed by atoms with van der Waals surface area (Å²) < 4.78 is 4.95. The Kier molecular flexibility index (Phi) is 1.75. The van der Waals surface area contributed by atoms with Crippen molar-refractivity contribution in [3.63, 3.8) is 0 Å². The number of carbonyl (C=O) groups excluding carboxylic acids is 1. The van der Waals surface area contributed by atoms with Gasteiger partial charge in [0.25, 0.3) is 0 Å². The first kappa shape index (κ1) is 7.59. The molecule has 0 N–H and O–H groups in total. The number of esters is 1. The maximum absolute atomic E-state index is 11.3. The van der Waals surface area contributed by atoms with Gasteiger partial charge in [0, 0.05) is 0 Å². The van der Waals surface area contributed by atoms with Crippen LogP contribution in [0, 0.1) is 17.8 Å². The van der Waals surface area contributed by atoms with Gasteiger partial charge < -0.3 is 4.74 Å². The van der Waals surface area contributed by atoms with Crippen molar-refractivity contribution in [1.82, 2.24) is 0 Å². The van der Waals surface area contributed by atoms with Crippen LogP contribution >= 0.6 is 0 Å². The summed E-state index contributed by atoms with van der Waals surface area (Å²) in [4.78, 5) is 11.3. The molecule has 0 bridgehead atoms. The highest BCUT2D eigenvalue weighted by atomic mass is 16.5. The van der Waals surface area contributed by atoms with Gasteiger partial charge in [0.05, 0.1) is 12.5 Å². The molecule has 1 fully saturated rings. The predicted octanol–water partition coefficient (Wildman–Crippen LogP) is 1.54. The monoisotopic (exact) mass is 164 g/mol. The van der Waals surface area contributed by atoms with Gasteiger partial charge in [-0.05, 0) is 18.8 Å². The fourth-order valence-electron chi connectivity index (χ4n) is 1.79. The van der Waals surface area contributed by atoms with Crippen LogP contribution < -0.4 is 0 Å². The lowest BCUT2D eigenvalue weighted by atomic mass is 10.2. The number of allylic oxidation sites excluding steroid dienone is 4. The summed E-state index contributed by atoms with van der Waals surface area (Å²) in [6.07, 6.45) is 8.18. The second-order valence-electron chi connectivity index (χ2n) is 3.20. The van der Waals surface area contributed by atoms with Crippen molar-refractivity contribution >= 4 is 5.97 Å². The van der Waals surface area contributed by atoms with E-state index in [1.54, 1.807) is 0 Å². The molecule has 2 aliphatic rings. The fraction of sp³-hybridized carbons (Fsp3) is 0.500. The summed E-state index contributed by atoms with van der Waals surface area (Å²) in [5.41, 5.74) is 0. The van der Waals surface area contributed by atoms with Crippen LogP contribution in [-0.2, 0) is 9.53 Å². The molecule has 1 saturated carbocycles. The maximum Gasteiger partial charge on any atom is 0.310 e. The zero-order valence-corrected chi connectivity index (χ0v) is 7.07. The quantitative estimate of drug-likeness (QED) is 0.579. The minimum absolute atomic E-state index is 0.0382. The van der Waals surface area contributed by atoms with Gasteiger partial charge >= 0.3 is 5.97 Å². The molecular formula is C10H12O2. The van der Waals surface area contributed by atoms with Crippen LogP contribution in [0.15, 0.2) is 24.3 Å². The third kappa shape index (κ3) is 1.07. The Morgan fingerprint density at radius 3 is 2.42 bits per heavy atom. The molecule has 12 heavy (non-hydrogen) atoms. The van der Waals surface area contributed by atoms with Crippen molar-refractivity contribution in [2.75, 3.05) is 6.61 Å². The van der Waals surface area contributed by atoms with Crippen molar-refractivity contribution in [3.8, 4) is 0 Å². The summed E-state index contributed by atoms with van der Waals surface area (Å²) in [5, 5.41) is 0. The Bertz CT molecular complexity index is 235. The third-order valence-corrected chi connectivity index (χ3v) is 2.47. The summed E-state index contributed by atoms with van der Waals surface area (Å²) in [6, 6.07) is 0. The number of hydrogen-bond donors (Lipinski definition) is 0. The average Bonchev–Trinajstić information content (AvgIpc) is 2.78. The zero-order valence-electron chi connectivity index (χ0n) is 7.07. The van der Waals surface area contributed by atoms with Crippen LogP contribution in [0.25, 0.3) is 0 Å². The Morgan fingerprint density at radius 1 is 1.33 bits per heavy atom. The minimum atomic E-state index is -0.0382. The molecule has 2 aliphatic carbocycles. The molecule has 2 heteroatoms. The first-order chi connectivity index (χ1) is 5.84. The van der Waals surface area contributed by atoms with Crippen LogP contribution in [0.2, 0.25) is 0 Å². The van der Waals surface area contributed by atoms with Crippen molar-refractivity contribution in [3.05, 3.63) is 24.3 Å².